The summed E-state index contributed by atoms with van der Waals surface area (Å²) >= 11 is 0. The first-order valence-electron chi connectivity index (χ1n) is 15.3. The van der Waals surface area contributed by atoms with E-state index < -0.39 is 23.9 Å². The van der Waals surface area contributed by atoms with Crippen molar-refractivity contribution in [1.82, 2.24) is 20.9 Å². The third kappa shape index (κ3) is 9.97. The van der Waals surface area contributed by atoms with Crippen LogP contribution < -0.4 is 20.7 Å². The summed E-state index contributed by atoms with van der Waals surface area (Å²) in [6.45, 7) is 1.29. The molecular weight excluding hydrogens is 556 g/mol. The highest BCUT2D eigenvalue weighted by atomic mass is 16.5. The molecule has 1 aliphatic heterocycles. The molecule has 0 aromatic heterocycles. The fraction of sp³-hybridized carbons (Fsp3) is 0.371. The quantitative estimate of drug-likeness (QED) is 0.410. The highest BCUT2D eigenvalue weighted by Gasteiger charge is 2.27. The number of ether oxygens (including phenoxy) is 1. The minimum atomic E-state index is -0.988. The summed E-state index contributed by atoms with van der Waals surface area (Å²) in [7, 11) is 1.76. The number of hydrogen-bond acceptors (Lipinski definition) is 5. The lowest BCUT2D eigenvalue weighted by atomic mass is 10.0. The summed E-state index contributed by atoms with van der Waals surface area (Å²) < 4.78 is 5.96. The van der Waals surface area contributed by atoms with Gasteiger partial charge >= 0.3 is 0 Å². The predicted molar refractivity (Wildman–Crippen MR) is 169 cm³/mol. The summed E-state index contributed by atoms with van der Waals surface area (Å²) in [5, 5.41) is 8.61. The van der Waals surface area contributed by atoms with Gasteiger partial charge < -0.3 is 25.6 Å². The molecule has 0 bridgehead atoms. The van der Waals surface area contributed by atoms with Gasteiger partial charge in [0, 0.05) is 33.0 Å². The number of hydrogen-bond donors (Lipinski definition) is 3. The molecule has 2 atom stereocenters. The Morgan fingerprint density at radius 2 is 1.50 bits per heavy atom. The van der Waals surface area contributed by atoms with Gasteiger partial charge in [-0.1, -0.05) is 85.6 Å². The van der Waals surface area contributed by atoms with Crippen LogP contribution in [0.1, 0.15) is 60.0 Å². The maximum absolute atomic E-state index is 13.5. The van der Waals surface area contributed by atoms with Crippen LogP contribution in [-0.2, 0) is 27.3 Å². The second kappa shape index (κ2) is 16.8. The topological polar surface area (TPSA) is 117 Å². The molecule has 3 aromatic carbocycles. The van der Waals surface area contributed by atoms with Crippen LogP contribution in [0.5, 0.6) is 5.75 Å². The van der Waals surface area contributed by atoms with Crippen molar-refractivity contribution in [3.05, 3.63) is 102 Å². The van der Waals surface area contributed by atoms with Crippen LogP contribution in [0, 0.1) is 0 Å². The standard InChI is InChI=1S/C35H42N4O5/c1-39-22-12-2-3-13-23-44-31-19-11-10-18-28(31)33(41)38-29(34(42)36-25-27-16-8-5-9-17-27)20-21-32(40)37-30(35(39)43)24-26-14-6-4-7-15-26/h4-11,14-19,29-30H,2-3,12-13,20-25H2,1H3,(H,36,42)(H,37,40)(H,38,41)/t29-,30-/m0/s1. The van der Waals surface area contributed by atoms with Crippen LogP contribution in [0.25, 0.3) is 0 Å². The number of rotatable bonds is 5. The number of nitrogens with zero attached hydrogens (tertiary/aromatic N) is 1. The van der Waals surface area contributed by atoms with Gasteiger partial charge in [-0.2, -0.15) is 0 Å². The molecule has 44 heavy (non-hydrogen) atoms. The number of carbonyl (C=O) groups excluding carboxylic acids is 4. The first kappa shape index (κ1) is 32.3. The van der Waals surface area contributed by atoms with Gasteiger partial charge in [0.05, 0.1) is 12.2 Å². The van der Waals surface area contributed by atoms with Gasteiger partial charge in [-0.3, -0.25) is 19.2 Å². The molecule has 9 nitrogen and oxygen atoms in total. The number of benzene rings is 3. The fourth-order valence-corrected chi connectivity index (χ4v) is 5.15. The molecule has 1 heterocycles. The van der Waals surface area contributed by atoms with E-state index in [2.05, 4.69) is 16.0 Å². The number of nitrogens with one attached hydrogen (secondary N) is 3. The van der Waals surface area contributed by atoms with Crippen molar-refractivity contribution in [3.8, 4) is 5.75 Å². The Kier molecular flexibility index (Phi) is 12.3. The largest absolute Gasteiger partial charge is 0.493 e. The van der Waals surface area contributed by atoms with E-state index in [1.54, 1.807) is 36.2 Å². The molecule has 0 saturated carbocycles. The van der Waals surface area contributed by atoms with Crippen LogP contribution in [0.2, 0.25) is 0 Å². The molecule has 4 rings (SSSR count). The predicted octanol–water partition coefficient (Wildman–Crippen LogP) is 4.02. The van der Waals surface area contributed by atoms with Gasteiger partial charge in [-0.05, 0) is 42.5 Å². The molecule has 9 heteroatoms. The van der Waals surface area contributed by atoms with Crippen molar-refractivity contribution >= 4 is 23.6 Å². The Labute approximate surface area is 259 Å². The summed E-state index contributed by atoms with van der Waals surface area (Å²) in [6.07, 6.45) is 3.77. The molecule has 4 amide bonds. The minimum absolute atomic E-state index is 0.0449. The van der Waals surface area contributed by atoms with E-state index in [0.717, 1.165) is 36.8 Å². The lowest BCUT2D eigenvalue weighted by Gasteiger charge is -2.25. The molecule has 0 spiro atoms. The van der Waals surface area contributed by atoms with Crippen LogP contribution >= 0.6 is 0 Å². The van der Waals surface area contributed by atoms with Crippen molar-refractivity contribution in [1.29, 1.82) is 0 Å². The third-order valence-electron chi connectivity index (χ3n) is 7.66. The van der Waals surface area contributed by atoms with E-state index in [1.807, 2.05) is 60.7 Å². The molecule has 0 radical (unpaired) electrons. The highest BCUT2D eigenvalue weighted by molar-refractivity contribution is 5.99. The normalized spacial score (nSPS) is 19.2. The number of carbonyl (C=O) groups is 4. The molecule has 3 N–H and O–H groups in total. The molecular formula is C35H42N4O5. The summed E-state index contributed by atoms with van der Waals surface area (Å²) in [4.78, 5) is 55.2. The van der Waals surface area contributed by atoms with Crippen molar-refractivity contribution in [2.24, 2.45) is 0 Å². The van der Waals surface area contributed by atoms with Crippen molar-refractivity contribution < 1.29 is 23.9 Å². The van der Waals surface area contributed by atoms with Gasteiger partial charge in [0.1, 0.15) is 17.8 Å². The maximum atomic E-state index is 13.5. The first-order chi connectivity index (χ1) is 21.4. The van der Waals surface area contributed by atoms with Gasteiger partial charge in [-0.25, -0.2) is 0 Å². The van der Waals surface area contributed by atoms with Crippen LogP contribution in [0.4, 0.5) is 0 Å². The second-order valence-corrected chi connectivity index (χ2v) is 11.1. The van der Waals surface area contributed by atoms with Crippen LogP contribution in [-0.4, -0.2) is 60.8 Å². The molecule has 3 aromatic rings. The van der Waals surface area contributed by atoms with E-state index >= 15 is 0 Å². The van der Waals surface area contributed by atoms with E-state index in [1.165, 1.54) is 0 Å². The fourth-order valence-electron chi connectivity index (χ4n) is 5.15. The summed E-state index contributed by atoms with van der Waals surface area (Å²) in [5.74, 6) is -0.958. The zero-order valence-electron chi connectivity index (χ0n) is 25.3. The Bertz CT molecular complexity index is 1380. The highest BCUT2D eigenvalue weighted by Crippen LogP contribution is 2.19. The van der Waals surface area contributed by atoms with Gasteiger partial charge in [0.15, 0.2) is 0 Å². The molecule has 0 saturated heterocycles. The van der Waals surface area contributed by atoms with E-state index in [0.29, 0.717) is 30.9 Å². The van der Waals surface area contributed by atoms with Gasteiger partial charge in [0.25, 0.3) is 5.91 Å². The smallest absolute Gasteiger partial charge is 0.255 e. The van der Waals surface area contributed by atoms with Crippen LogP contribution in [0.15, 0.2) is 84.9 Å². The average Bonchev–Trinajstić information content (AvgIpc) is 3.05. The average molecular weight is 599 g/mol. The lowest BCUT2D eigenvalue weighted by molar-refractivity contribution is -0.135. The monoisotopic (exact) mass is 598 g/mol. The van der Waals surface area contributed by atoms with Crippen molar-refractivity contribution in [3.63, 3.8) is 0 Å². The maximum Gasteiger partial charge on any atom is 0.255 e. The number of para-hydroxylation sites is 1. The van der Waals surface area contributed by atoms with E-state index in [-0.39, 0.29) is 31.2 Å². The minimum Gasteiger partial charge on any atom is -0.493 e. The number of likely N-dealkylation sites (N-methyl/N-ethyl adjacent to an activating group) is 1. The Balaban J connectivity index is 1.54. The SMILES string of the molecule is CN1CCCCCCOc2ccccc2C(=O)N[C@H](C(=O)NCc2ccccc2)CCC(=O)N[C@@H](Cc2ccccc2)C1=O. The zero-order valence-corrected chi connectivity index (χ0v) is 25.3. The lowest BCUT2D eigenvalue weighted by Crippen LogP contribution is -2.50. The Hall–Kier alpha value is -4.66. The van der Waals surface area contributed by atoms with Gasteiger partial charge in [-0.15, -0.1) is 0 Å². The molecule has 0 unspecified atom stereocenters. The Morgan fingerprint density at radius 3 is 2.25 bits per heavy atom. The molecule has 232 valence electrons. The molecule has 1 aliphatic rings. The Morgan fingerprint density at radius 1 is 0.841 bits per heavy atom. The number of fused-ring (bicyclic) bond motifs is 1. The van der Waals surface area contributed by atoms with Crippen molar-refractivity contribution in [2.45, 2.75) is 63.6 Å². The summed E-state index contributed by atoms with van der Waals surface area (Å²) in [6, 6.07) is 24.2. The third-order valence-corrected chi connectivity index (χ3v) is 7.66. The second-order valence-electron chi connectivity index (χ2n) is 11.1. The number of amides is 4. The molecule has 0 fully saturated rings. The van der Waals surface area contributed by atoms with E-state index in [9.17, 15) is 19.2 Å². The van der Waals surface area contributed by atoms with E-state index in [4.69, 9.17) is 4.74 Å². The molecule has 0 aliphatic carbocycles. The van der Waals surface area contributed by atoms with Gasteiger partial charge in [0.2, 0.25) is 17.7 Å². The summed E-state index contributed by atoms with van der Waals surface area (Å²) in [5.41, 5.74) is 2.17. The van der Waals surface area contributed by atoms with Crippen molar-refractivity contribution in [2.75, 3.05) is 20.2 Å². The first-order valence-corrected chi connectivity index (χ1v) is 15.3. The zero-order chi connectivity index (χ0) is 31.1. The van der Waals surface area contributed by atoms with Crippen LogP contribution in [0.3, 0.4) is 0 Å².